The topological polar surface area (TPSA) is 120 Å². The van der Waals surface area contributed by atoms with Crippen LogP contribution in [0.25, 0.3) is 27.6 Å². The minimum atomic E-state index is -0.379. The Morgan fingerprint density at radius 1 is 1.16 bits per heavy atom. The van der Waals surface area contributed by atoms with Crippen molar-refractivity contribution in [3.8, 4) is 29.9 Å². The summed E-state index contributed by atoms with van der Waals surface area (Å²) in [5, 5.41) is 4.38. The Morgan fingerprint density at radius 2 is 2.00 bits per heavy atom. The molecule has 5 aromatic rings. The summed E-state index contributed by atoms with van der Waals surface area (Å²) in [5.41, 5.74) is 7.61. The van der Waals surface area contributed by atoms with Gasteiger partial charge in [0.1, 0.15) is 22.4 Å². The molecular weight excluding hydrogens is 499 g/mol. The van der Waals surface area contributed by atoms with Crippen LogP contribution in [0.5, 0.6) is 5.75 Å². The van der Waals surface area contributed by atoms with E-state index in [1.165, 1.54) is 16.8 Å². The molecule has 1 aromatic carbocycles. The number of fused-ring (bicyclic) bond motifs is 3. The fourth-order valence-corrected chi connectivity index (χ4v) is 5.40. The number of aromatic nitrogens is 5. The fourth-order valence-electron chi connectivity index (χ4n) is 4.47. The summed E-state index contributed by atoms with van der Waals surface area (Å²) in [6.07, 6.45) is 8.69. The maximum absolute atomic E-state index is 14.5. The first-order chi connectivity index (χ1) is 18.0. The van der Waals surface area contributed by atoms with Crippen LogP contribution in [0, 0.1) is 18.3 Å². The smallest absolute Gasteiger partial charge is 0.309 e. The van der Waals surface area contributed by atoms with Crippen LogP contribution >= 0.6 is 11.3 Å². The zero-order valence-electron chi connectivity index (χ0n) is 19.5. The number of nitrogens with two attached hydrogens (primary N) is 1. The number of benzene rings is 1. The Balaban J connectivity index is 1.17. The van der Waals surface area contributed by atoms with Crippen LogP contribution in [0.3, 0.4) is 0 Å². The number of nitrogen functional groups attached to an aromatic ring is 1. The molecule has 0 amide bonds. The van der Waals surface area contributed by atoms with Gasteiger partial charge in [0.25, 0.3) is 0 Å². The van der Waals surface area contributed by atoms with Crippen LogP contribution in [-0.2, 0) is 6.54 Å². The Kier molecular flexibility index (Phi) is 5.74. The molecule has 0 bridgehead atoms. The first kappa shape index (κ1) is 23.0. The number of ether oxygens (including phenoxy) is 1. The molecule has 0 saturated carbocycles. The average Bonchev–Trinajstić information content (AvgIpc) is 3.63. The number of piperazine rings is 1. The quantitative estimate of drug-likeness (QED) is 0.336. The van der Waals surface area contributed by atoms with Gasteiger partial charge in [0, 0.05) is 45.3 Å². The molecule has 11 nitrogen and oxygen atoms in total. The van der Waals surface area contributed by atoms with Gasteiger partial charge in [-0.15, -0.1) is 5.10 Å². The van der Waals surface area contributed by atoms with E-state index >= 15 is 0 Å². The number of hydrogen-bond acceptors (Lipinski definition) is 10. The number of anilines is 2. The van der Waals surface area contributed by atoms with Gasteiger partial charge in [-0.2, -0.15) is 9.50 Å². The largest absolute Gasteiger partial charge is 0.461 e. The molecule has 13 heteroatoms. The number of nitrogens with zero attached hydrogens (tertiary/aromatic N) is 7. The van der Waals surface area contributed by atoms with Gasteiger partial charge in [-0.05, 0) is 24.3 Å². The number of hydrogen-bond donors (Lipinski definition) is 1. The fraction of sp³-hybridized carbons (Fsp3) is 0.250. The maximum Gasteiger partial charge on any atom is 0.309 e. The van der Waals surface area contributed by atoms with Gasteiger partial charge in [0.15, 0.2) is 17.1 Å². The first-order valence-corrected chi connectivity index (χ1v) is 12.3. The second-order valence-electron chi connectivity index (χ2n) is 8.45. The molecule has 0 unspecified atom stereocenters. The van der Waals surface area contributed by atoms with Gasteiger partial charge < -0.3 is 19.8 Å². The van der Waals surface area contributed by atoms with Crippen molar-refractivity contribution in [3.05, 3.63) is 52.1 Å². The van der Waals surface area contributed by atoms with Gasteiger partial charge in [-0.25, -0.2) is 9.37 Å². The molecule has 37 heavy (non-hydrogen) atoms. The molecule has 6 rings (SSSR count). The molecule has 2 N–H and O–H groups in total. The Labute approximate surface area is 213 Å². The summed E-state index contributed by atoms with van der Waals surface area (Å²) in [5.74, 6) is 0.917. The Morgan fingerprint density at radius 3 is 2.73 bits per heavy atom. The molecule has 1 fully saturated rings. The molecule has 0 aliphatic carbocycles. The van der Waals surface area contributed by atoms with E-state index in [-0.39, 0.29) is 16.6 Å². The monoisotopic (exact) mass is 520 g/mol. The van der Waals surface area contributed by atoms with E-state index in [1.807, 2.05) is 11.0 Å². The minimum Gasteiger partial charge on any atom is -0.461 e. The predicted molar refractivity (Wildman–Crippen MR) is 137 cm³/mol. The third-order valence-electron chi connectivity index (χ3n) is 6.31. The SMILES string of the molecule is C#COc1ccc(N2CCN(CCn3c(=O)sc4c3nc(N)n3nc(-c5ccco5)nc43)CC2)c(F)c1. The lowest BCUT2D eigenvalue weighted by Crippen LogP contribution is -2.47. The van der Waals surface area contributed by atoms with Crippen LogP contribution < -0.4 is 20.2 Å². The highest BCUT2D eigenvalue weighted by molar-refractivity contribution is 7.17. The number of terminal acetylenes is 1. The summed E-state index contributed by atoms with van der Waals surface area (Å²) in [4.78, 5) is 25.9. The van der Waals surface area contributed by atoms with Crippen molar-refractivity contribution in [2.45, 2.75) is 6.54 Å². The van der Waals surface area contributed by atoms with Crippen molar-refractivity contribution in [1.29, 1.82) is 0 Å². The van der Waals surface area contributed by atoms with Crippen LogP contribution in [0.2, 0.25) is 0 Å². The molecule has 0 atom stereocenters. The highest BCUT2D eigenvalue weighted by Crippen LogP contribution is 2.27. The van der Waals surface area contributed by atoms with E-state index in [0.717, 1.165) is 24.4 Å². The third kappa shape index (κ3) is 4.15. The van der Waals surface area contributed by atoms with Gasteiger partial charge >= 0.3 is 4.87 Å². The molecule has 1 aliphatic heterocycles. The average molecular weight is 521 g/mol. The van der Waals surface area contributed by atoms with Crippen molar-refractivity contribution in [2.75, 3.05) is 43.4 Å². The van der Waals surface area contributed by atoms with Crippen molar-refractivity contribution in [2.24, 2.45) is 0 Å². The predicted octanol–water partition coefficient (Wildman–Crippen LogP) is 2.27. The number of halogens is 1. The second kappa shape index (κ2) is 9.23. The van der Waals surface area contributed by atoms with Crippen molar-refractivity contribution < 1.29 is 13.5 Å². The number of thiazole rings is 1. The highest BCUT2D eigenvalue weighted by Gasteiger charge is 2.22. The number of furan rings is 1. The van der Waals surface area contributed by atoms with Crippen molar-refractivity contribution in [1.82, 2.24) is 29.0 Å². The third-order valence-corrected chi connectivity index (χ3v) is 7.27. The molecule has 4 aromatic heterocycles. The zero-order chi connectivity index (χ0) is 25.5. The summed E-state index contributed by atoms with van der Waals surface area (Å²) in [6.45, 7) is 3.80. The maximum atomic E-state index is 14.5. The summed E-state index contributed by atoms with van der Waals surface area (Å²) >= 11 is 1.06. The molecule has 0 radical (unpaired) electrons. The second-order valence-corrected chi connectivity index (χ2v) is 9.41. The lowest BCUT2D eigenvalue weighted by atomic mass is 10.2. The van der Waals surface area contributed by atoms with Crippen LogP contribution in [0.4, 0.5) is 16.0 Å². The van der Waals surface area contributed by atoms with Crippen LogP contribution in [0.15, 0.2) is 45.8 Å². The van der Waals surface area contributed by atoms with Gasteiger partial charge in [0.05, 0.1) is 12.0 Å². The molecule has 1 aliphatic rings. The lowest BCUT2D eigenvalue weighted by Gasteiger charge is -2.36. The van der Waals surface area contributed by atoms with E-state index in [2.05, 4.69) is 20.0 Å². The van der Waals surface area contributed by atoms with E-state index in [1.54, 1.807) is 28.8 Å². The minimum absolute atomic E-state index is 0.133. The van der Waals surface area contributed by atoms with Gasteiger partial charge in [0.2, 0.25) is 11.8 Å². The van der Waals surface area contributed by atoms with Crippen LogP contribution in [0.1, 0.15) is 0 Å². The zero-order valence-corrected chi connectivity index (χ0v) is 20.3. The van der Waals surface area contributed by atoms with Gasteiger partial charge in [-0.3, -0.25) is 14.3 Å². The highest BCUT2D eigenvalue weighted by atomic mass is 32.1. The standard InChI is InChI=1S/C24H21FN8O3S/c1-2-35-15-5-6-17(16(25)14-15)31-10-7-30(8-11-31)9-12-32-21-19(37-24(32)34)22-27-20(18-4-3-13-36-18)29-33(22)23(26)28-21/h1,3-6,13-14H,7-12H2,(H2,26,28). The molecule has 5 heterocycles. The molecule has 188 valence electrons. The van der Waals surface area contributed by atoms with Crippen LogP contribution in [-0.4, -0.2) is 61.8 Å². The summed E-state index contributed by atoms with van der Waals surface area (Å²) in [7, 11) is 0. The molecule has 0 spiro atoms. The van der Waals surface area contributed by atoms with Crippen molar-refractivity contribution >= 4 is 39.0 Å². The summed E-state index contributed by atoms with van der Waals surface area (Å²) < 4.78 is 28.5. The van der Waals surface area contributed by atoms with E-state index < -0.39 is 0 Å². The lowest BCUT2D eigenvalue weighted by molar-refractivity contribution is 0.248. The molecular formula is C24H21FN8O3S. The van der Waals surface area contributed by atoms with Gasteiger partial charge in [-0.1, -0.05) is 17.8 Å². The first-order valence-electron chi connectivity index (χ1n) is 11.5. The Bertz CT molecular complexity index is 1690. The molecule has 1 saturated heterocycles. The normalized spacial score (nSPS) is 14.4. The summed E-state index contributed by atoms with van der Waals surface area (Å²) in [6, 6.07) is 8.11. The van der Waals surface area contributed by atoms with Crippen molar-refractivity contribution in [3.63, 3.8) is 0 Å². The van der Waals surface area contributed by atoms with E-state index in [9.17, 15) is 9.18 Å². The van der Waals surface area contributed by atoms with E-state index in [4.69, 9.17) is 21.3 Å². The number of rotatable bonds is 6. The Hall–Kier alpha value is -4.41. The van der Waals surface area contributed by atoms with E-state index in [0.29, 0.717) is 65.2 Å².